The second kappa shape index (κ2) is 4.49. The summed E-state index contributed by atoms with van der Waals surface area (Å²) in [6.45, 7) is 2.90. The van der Waals surface area contributed by atoms with Gasteiger partial charge in [-0.25, -0.2) is 4.79 Å². The molecule has 0 atom stereocenters. The number of carbonyl (C=O) groups excluding carboxylic acids is 1. The zero-order chi connectivity index (χ0) is 8.81. The number of hydrogen-bond donors (Lipinski definition) is 0. The Kier molecular flexibility index (Phi) is 3.26. The van der Waals surface area contributed by atoms with Crippen molar-refractivity contribution < 1.29 is 9.53 Å². The lowest BCUT2D eigenvalue weighted by Crippen LogP contribution is -1.98. The van der Waals surface area contributed by atoms with Crippen LogP contribution < -0.4 is 0 Å². The van der Waals surface area contributed by atoms with Gasteiger partial charge in [0.1, 0.15) is 0 Å². The Morgan fingerprint density at radius 2 is 2.67 bits per heavy atom. The lowest BCUT2D eigenvalue weighted by atomic mass is 10.3. The smallest absolute Gasteiger partial charge is 0.330 e. The highest BCUT2D eigenvalue weighted by molar-refractivity contribution is 5.89. The van der Waals surface area contributed by atoms with Crippen LogP contribution in [0.5, 0.6) is 0 Å². The van der Waals surface area contributed by atoms with Crippen LogP contribution in [-0.4, -0.2) is 25.3 Å². The van der Waals surface area contributed by atoms with Gasteiger partial charge >= 0.3 is 5.97 Å². The Labute approximate surface area is 71.4 Å². The molecule has 3 nitrogen and oxygen atoms in total. The van der Waals surface area contributed by atoms with Gasteiger partial charge in [-0.05, 0) is 18.6 Å². The van der Waals surface area contributed by atoms with Crippen LogP contribution in [0, 0.1) is 0 Å². The van der Waals surface area contributed by atoms with Gasteiger partial charge in [0.25, 0.3) is 0 Å². The summed E-state index contributed by atoms with van der Waals surface area (Å²) < 4.78 is 4.70. The van der Waals surface area contributed by atoms with Crippen molar-refractivity contribution >= 4 is 12.2 Å². The van der Waals surface area contributed by atoms with Gasteiger partial charge in [0.2, 0.25) is 0 Å². The second-order valence-corrected chi connectivity index (χ2v) is 2.28. The van der Waals surface area contributed by atoms with E-state index in [0.29, 0.717) is 13.2 Å². The Hall–Kier alpha value is -1.38. The number of allylic oxidation sites excluding steroid dienone is 2. The minimum atomic E-state index is -0.307. The van der Waals surface area contributed by atoms with Crippen molar-refractivity contribution in [1.29, 1.82) is 0 Å². The maximum Gasteiger partial charge on any atom is 0.330 e. The summed E-state index contributed by atoms with van der Waals surface area (Å²) in [7, 11) is 0. The molecule has 0 bridgehead atoms. The van der Waals surface area contributed by atoms with E-state index in [1.807, 2.05) is 6.08 Å². The molecule has 0 radical (unpaired) electrons. The molecule has 1 rings (SSSR count). The molecule has 0 aliphatic carbocycles. The van der Waals surface area contributed by atoms with Crippen LogP contribution in [0.3, 0.4) is 0 Å². The molecule has 1 aliphatic heterocycles. The van der Waals surface area contributed by atoms with E-state index in [0.717, 1.165) is 5.57 Å². The molecule has 0 N–H and O–H groups in total. The highest BCUT2D eigenvalue weighted by atomic mass is 16.5. The fourth-order valence-electron chi connectivity index (χ4n) is 0.835. The van der Waals surface area contributed by atoms with Gasteiger partial charge in [-0.3, -0.25) is 4.99 Å². The monoisotopic (exact) mass is 165 g/mol. The quantitative estimate of drug-likeness (QED) is 0.464. The van der Waals surface area contributed by atoms with Crippen LogP contribution in [0.15, 0.2) is 28.8 Å². The number of rotatable bonds is 3. The molecule has 0 spiro atoms. The second-order valence-electron chi connectivity index (χ2n) is 2.28. The van der Waals surface area contributed by atoms with Crippen molar-refractivity contribution in [1.82, 2.24) is 0 Å². The van der Waals surface area contributed by atoms with Gasteiger partial charge in [0, 0.05) is 12.3 Å². The van der Waals surface area contributed by atoms with E-state index in [4.69, 9.17) is 4.74 Å². The summed E-state index contributed by atoms with van der Waals surface area (Å²) in [5.74, 6) is -0.307. The standard InChI is InChI=1S/C9H11NO2/c1-2-12-9(11)4-3-8-5-6-10-7-8/h3-5,7H,2,6H2,1H3/b4-3+. The predicted molar refractivity (Wildman–Crippen MR) is 47.2 cm³/mol. The lowest BCUT2D eigenvalue weighted by Gasteiger charge is -1.93. The molecule has 0 aromatic rings. The first-order valence-corrected chi connectivity index (χ1v) is 3.87. The SMILES string of the molecule is CCOC(=O)/C=C/C1=CCN=C1. The van der Waals surface area contributed by atoms with E-state index >= 15 is 0 Å². The molecule has 1 aliphatic rings. The van der Waals surface area contributed by atoms with Gasteiger partial charge < -0.3 is 4.74 Å². The fourth-order valence-corrected chi connectivity index (χ4v) is 0.835. The lowest BCUT2D eigenvalue weighted by molar-refractivity contribution is -0.137. The molecule has 1 heterocycles. The Morgan fingerprint density at radius 3 is 3.25 bits per heavy atom. The highest BCUT2D eigenvalue weighted by Gasteiger charge is 1.96. The number of carbonyl (C=O) groups is 1. The zero-order valence-electron chi connectivity index (χ0n) is 6.99. The van der Waals surface area contributed by atoms with Crippen molar-refractivity contribution in [3.8, 4) is 0 Å². The van der Waals surface area contributed by atoms with Gasteiger partial charge in [-0.1, -0.05) is 6.08 Å². The van der Waals surface area contributed by atoms with E-state index in [9.17, 15) is 4.79 Å². The molecule has 0 fully saturated rings. The first-order valence-electron chi connectivity index (χ1n) is 3.87. The van der Waals surface area contributed by atoms with E-state index in [2.05, 4.69) is 4.99 Å². The number of aliphatic imine (C=N–C) groups is 1. The topological polar surface area (TPSA) is 38.7 Å². The summed E-state index contributed by atoms with van der Waals surface area (Å²) in [5.41, 5.74) is 0.961. The third kappa shape index (κ3) is 2.70. The number of esters is 1. The maximum absolute atomic E-state index is 10.8. The van der Waals surface area contributed by atoms with E-state index in [1.165, 1.54) is 6.08 Å². The van der Waals surface area contributed by atoms with Gasteiger partial charge in [-0.15, -0.1) is 0 Å². The molecule has 0 unspecified atom stereocenters. The third-order valence-corrected chi connectivity index (χ3v) is 1.37. The summed E-state index contributed by atoms with van der Waals surface area (Å²) in [6, 6.07) is 0. The van der Waals surface area contributed by atoms with Crippen LogP contribution in [0.4, 0.5) is 0 Å². The Balaban J connectivity index is 2.39. The highest BCUT2D eigenvalue weighted by Crippen LogP contribution is 2.00. The van der Waals surface area contributed by atoms with Crippen molar-refractivity contribution in [2.24, 2.45) is 4.99 Å². The first kappa shape index (κ1) is 8.71. The minimum absolute atomic E-state index is 0.307. The molecule has 0 aromatic heterocycles. The molecule has 0 amide bonds. The molecule has 0 aromatic carbocycles. The fraction of sp³-hybridized carbons (Fsp3) is 0.333. The summed E-state index contributed by atoms with van der Waals surface area (Å²) >= 11 is 0. The average Bonchev–Trinajstić information content (AvgIpc) is 2.53. The Morgan fingerprint density at radius 1 is 1.83 bits per heavy atom. The third-order valence-electron chi connectivity index (χ3n) is 1.37. The van der Waals surface area contributed by atoms with Crippen molar-refractivity contribution in [2.45, 2.75) is 6.92 Å². The van der Waals surface area contributed by atoms with Crippen LogP contribution in [0.25, 0.3) is 0 Å². The van der Waals surface area contributed by atoms with E-state index < -0.39 is 0 Å². The van der Waals surface area contributed by atoms with Crippen molar-refractivity contribution in [3.63, 3.8) is 0 Å². The van der Waals surface area contributed by atoms with E-state index in [-0.39, 0.29) is 5.97 Å². The molecule has 0 saturated heterocycles. The van der Waals surface area contributed by atoms with Gasteiger partial charge in [-0.2, -0.15) is 0 Å². The van der Waals surface area contributed by atoms with Gasteiger partial charge in [0.15, 0.2) is 0 Å². The minimum Gasteiger partial charge on any atom is -0.463 e. The summed E-state index contributed by atoms with van der Waals surface area (Å²) in [6.07, 6.45) is 6.78. The molecular formula is C9H11NO2. The number of hydrogen-bond acceptors (Lipinski definition) is 3. The van der Waals surface area contributed by atoms with Crippen molar-refractivity contribution in [2.75, 3.05) is 13.2 Å². The molecular weight excluding hydrogens is 154 g/mol. The van der Waals surface area contributed by atoms with Crippen LogP contribution >= 0.6 is 0 Å². The van der Waals surface area contributed by atoms with Crippen LogP contribution in [-0.2, 0) is 9.53 Å². The van der Waals surface area contributed by atoms with Crippen molar-refractivity contribution in [3.05, 3.63) is 23.8 Å². The largest absolute Gasteiger partial charge is 0.463 e. The maximum atomic E-state index is 10.8. The zero-order valence-corrected chi connectivity index (χ0v) is 6.99. The molecule has 0 saturated carbocycles. The molecule has 12 heavy (non-hydrogen) atoms. The average molecular weight is 165 g/mol. The van der Waals surface area contributed by atoms with Crippen LogP contribution in [0.1, 0.15) is 6.92 Å². The number of nitrogens with zero attached hydrogens (tertiary/aromatic N) is 1. The van der Waals surface area contributed by atoms with Crippen LogP contribution in [0.2, 0.25) is 0 Å². The first-order chi connectivity index (χ1) is 5.83. The molecule has 3 heteroatoms. The normalized spacial score (nSPS) is 15.2. The summed E-state index contributed by atoms with van der Waals surface area (Å²) in [4.78, 5) is 14.8. The Bertz CT molecular complexity index is 251. The molecule has 64 valence electrons. The predicted octanol–water partition coefficient (Wildman–Crippen LogP) is 1.12. The number of ether oxygens (including phenoxy) is 1. The van der Waals surface area contributed by atoms with E-state index in [1.54, 1.807) is 19.2 Å². The summed E-state index contributed by atoms with van der Waals surface area (Å²) in [5, 5.41) is 0. The van der Waals surface area contributed by atoms with Gasteiger partial charge in [0.05, 0.1) is 13.2 Å².